The Kier molecular flexibility index (Phi) is 5.01. The fourth-order valence-electron chi connectivity index (χ4n) is 1.89. The monoisotopic (exact) mass is 240 g/mol. The van der Waals surface area contributed by atoms with E-state index in [0.717, 1.165) is 6.42 Å². The highest BCUT2D eigenvalue weighted by molar-refractivity contribution is 4.79. The van der Waals surface area contributed by atoms with Gasteiger partial charge in [-0.1, -0.05) is 6.92 Å². The lowest BCUT2D eigenvalue weighted by Gasteiger charge is -2.33. The van der Waals surface area contributed by atoms with Crippen molar-refractivity contribution in [3.63, 3.8) is 0 Å². The molecule has 3 nitrogen and oxygen atoms in total. The molecule has 1 heterocycles. The van der Waals surface area contributed by atoms with Crippen LogP contribution in [0.25, 0.3) is 0 Å². The molecule has 0 saturated carbocycles. The number of rotatable bonds is 4. The van der Waals surface area contributed by atoms with Crippen LogP contribution < -0.4 is 5.73 Å². The molecule has 2 atom stereocenters. The lowest BCUT2D eigenvalue weighted by Crippen LogP contribution is -2.47. The van der Waals surface area contributed by atoms with Crippen molar-refractivity contribution in [3.05, 3.63) is 0 Å². The molecular formula is C10H19F3N2O. The molecule has 6 heteroatoms. The van der Waals surface area contributed by atoms with Gasteiger partial charge in [0.1, 0.15) is 0 Å². The van der Waals surface area contributed by atoms with Crippen molar-refractivity contribution in [2.45, 2.75) is 25.6 Å². The number of nitrogens with two attached hydrogens (primary N) is 1. The number of nitrogens with zero attached hydrogens (tertiary/aromatic N) is 1. The van der Waals surface area contributed by atoms with E-state index in [1.54, 1.807) is 6.92 Å². The van der Waals surface area contributed by atoms with E-state index in [1.165, 1.54) is 4.90 Å². The van der Waals surface area contributed by atoms with Gasteiger partial charge in [0.15, 0.2) is 0 Å². The van der Waals surface area contributed by atoms with Gasteiger partial charge in [-0.15, -0.1) is 0 Å². The van der Waals surface area contributed by atoms with Crippen LogP contribution in [0.3, 0.4) is 0 Å². The molecule has 0 amide bonds. The summed E-state index contributed by atoms with van der Waals surface area (Å²) in [6.07, 6.45) is -3.41. The quantitative estimate of drug-likeness (QED) is 0.803. The van der Waals surface area contributed by atoms with Crippen LogP contribution in [0.1, 0.15) is 13.3 Å². The van der Waals surface area contributed by atoms with Gasteiger partial charge < -0.3 is 10.5 Å². The maximum absolute atomic E-state index is 12.2. The van der Waals surface area contributed by atoms with Gasteiger partial charge in [-0.25, -0.2) is 0 Å². The highest BCUT2D eigenvalue weighted by Crippen LogP contribution is 2.19. The topological polar surface area (TPSA) is 38.5 Å². The highest BCUT2D eigenvalue weighted by atomic mass is 19.4. The van der Waals surface area contributed by atoms with E-state index in [9.17, 15) is 13.2 Å². The smallest absolute Gasteiger partial charge is 0.381 e. The van der Waals surface area contributed by atoms with E-state index in [2.05, 4.69) is 0 Å². The van der Waals surface area contributed by atoms with Gasteiger partial charge >= 0.3 is 6.18 Å². The first-order chi connectivity index (χ1) is 7.42. The second kappa shape index (κ2) is 5.84. The SMILES string of the molecule is CCN(CC1COCCC1N)CC(F)(F)F. The third kappa shape index (κ3) is 4.67. The molecule has 1 aliphatic rings. The summed E-state index contributed by atoms with van der Waals surface area (Å²) in [5.74, 6) is 0.0102. The zero-order valence-electron chi connectivity index (χ0n) is 9.46. The van der Waals surface area contributed by atoms with Gasteiger partial charge in [-0.05, 0) is 13.0 Å². The summed E-state index contributed by atoms with van der Waals surface area (Å²) in [4.78, 5) is 1.37. The predicted molar refractivity (Wildman–Crippen MR) is 55.1 cm³/mol. The molecule has 16 heavy (non-hydrogen) atoms. The molecule has 0 aromatic rings. The standard InChI is InChI=1S/C10H19F3N2O/c1-2-15(7-10(11,12)13)5-8-6-16-4-3-9(8)14/h8-9H,2-7,14H2,1H3. The summed E-state index contributed by atoms with van der Waals surface area (Å²) in [6.45, 7) is 2.67. The summed E-state index contributed by atoms with van der Waals surface area (Å²) in [5, 5.41) is 0. The van der Waals surface area contributed by atoms with Crippen molar-refractivity contribution in [3.8, 4) is 0 Å². The van der Waals surface area contributed by atoms with Crippen molar-refractivity contribution in [1.29, 1.82) is 0 Å². The second-order valence-corrected chi connectivity index (χ2v) is 4.23. The number of hydrogen-bond acceptors (Lipinski definition) is 3. The molecule has 0 radical (unpaired) electrons. The number of hydrogen-bond donors (Lipinski definition) is 1. The fourth-order valence-corrected chi connectivity index (χ4v) is 1.89. The lowest BCUT2D eigenvalue weighted by molar-refractivity contribution is -0.148. The first kappa shape index (κ1) is 13.7. The molecule has 0 aromatic heterocycles. The van der Waals surface area contributed by atoms with Gasteiger partial charge in [0, 0.05) is 25.1 Å². The van der Waals surface area contributed by atoms with Crippen LogP contribution in [0, 0.1) is 5.92 Å². The first-order valence-corrected chi connectivity index (χ1v) is 5.55. The molecule has 2 N–H and O–H groups in total. The van der Waals surface area contributed by atoms with Crippen LogP contribution in [-0.4, -0.2) is 50.0 Å². The maximum atomic E-state index is 12.2. The highest BCUT2D eigenvalue weighted by Gasteiger charge is 2.32. The average Bonchev–Trinajstić information content (AvgIpc) is 2.18. The molecule has 96 valence electrons. The van der Waals surface area contributed by atoms with Crippen molar-refractivity contribution in [2.75, 3.05) is 32.8 Å². The summed E-state index contributed by atoms with van der Waals surface area (Å²) in [7, 11) is 0. The van der Waals surface area contributed by atoms with Crippen LogP contribution in [0.15, 0.2) is 0 Å². The van der Waals surface area contributed by atoms with Crippen molar-refractivity contribution >= 4 is 0 Å². The Morgan fingerprint density at radius 1 is 1.44 bits per heavy atom. The Bertz CT molecular complexity index is 211. The summed E-state index contributed by atoms with van der Waals surface area (Å²) >= 11 is 0. The van der Waals surface area contributed by atoms with E-state index in [0.29, 0.717) is 26.3 Å². The van der Waals surface area contributed by atoms with Crippen LogP contribution in [0.2, 0.25) is 0 Å². The zero-order valence-corrected chi connectivity index (χ0v) is 9.46. The third-order valence-corrected chi connectivity index (χ3v) is 2.88. The van der Waals surface area contributed by atoms with Gasteiger partial charge in [0.05, 0.1) is 13.2 Å². The van der Waals surface area contributed by atoms with E-state index in [1.807, 2.05) is 0 Å². The van der Waals surface area contributed by atoms with Gasteiger partial charge in [0.25, 0.3) is 0 Å². The fraction of sp³-hybridized carbons (Fsp3) is 1.00. The molecular weight excluding hydrogens is 221 g/mol. The molecule has 0 aliphatic carbocycles. The first-order valence-electron chi connectivity index (χ1n) is 5.55. The van der Waals surface area contributed by atoms with Crippen LogP contribution >= 0.6 is 0 Å². The maximum Gasteiger partial charge on any atom is 0.401 e. The van der Waals surface area contributed by atoms with Crippen molar-refractivity contribution < 1.29 is 17.9 Å². The molecule has 1 fully saturated rings. The third-order valence-electron chi connectivity index (χ3n) is 2.88. The summed E-state index contributed by atoms with van der Waals surface area (Å²) in [6, 6.07) is -0.0453. The number of ether oxygens (including phenoxy) is 1. The van der Waals surface area contributed by atoms with Crippen LogP contribution in [-0.2, 0) is 4.74 Å². The van der Waals surface area contributed by atoms with Gasteiger partial charge in [0.2, 0.25) is 0 Å². The van der Waals surface area contributed by atoms with E-state index in [-0.39, 0.29) is 12.0 Å². The van der Waals surface area contributed by atoms with E-state index < -0.39 is 12.7 Å². The Hall–Kier alpha value is -0.330. The van der Waals surface area contributed by atoms with Crippen molar-refractivity contribution in [1.82, 2.24) is 4.90 Å². The lowest BCUT2D eigenvalue weighted by atomic mass is 9.96. The minimum absolute atomic E-state index is 0.0102. The average molecular weight is 240 g/mol. The molecule has 2 unspecified atom stereocenters. The predicted octanol–water partition coefficient (Wildman–Crippen LogP) is 1.23. The molecule has 0 bridgehead atoms. The Morgan fingerprint density at radius 2 is 2.12 bits per heavy atom. The van der Waals surface area contributed by atoms with Gasteiger partial charge in [-0.2, -0.15) is 13.2 Å². The van der Waals surface area contributed by atoms with Crippen LogP contribution in [0.5, 0.6) is 0 Å². The molecule has 0 aromatic carbocycles. The Labute approximate surface area is 93.7 Å². The minimum atomic E-state index is -4.14. The normalized spacial score (nSPS) is 27.4. The summed E-state index contributed by atoms with van der Waals surface area (Å²) < 4.78 is 42.0. The zero-order chi connectivity index (χ0) is 12.2. The van der Waals surface area contributed by atoms with Gasteiger partial charge in [-0.3, -0.25) is 4.90 Å². The second-order valence-electron chi connectivity index (χ2n) is 4.23. The minimum Gasteiger partial charge on any atom is -0.381 e. The molecule has 1 aliphatic heterocycles. The molecule has 1 saturated heterocycles. The van der Waals surface area contributed by atoms with E-state index >= 15 is 0 Å². The molecule has 0 spiro atoms. The Balaban J connectivity index is 2.42. The van der Waals surface area contributed by atoms with Crippen molar-refractivity contribution in [2.24, 2.45) is 11.7 Å². The number of halogens is 3. The largest absolute Gasteiger partial charge is 0.401 e. The number of alkyl halides is 3. The van der Waals surface area contributed by atoms with Crippen LogP contribution in [0.4, 0.5) is 13.2 Å². The Morgan fingerprint density at radius 3 is 2.62 bits per heavy atom. The summed E-state index contributed by atoms with van der Waals surface area (Å²) in [5.41, 5.74) is 5.86. The molecule has 1 rings (SSSR count). The van der Waals surface area contributed by atoms with E-state index in [4.69, 9.17) is 10.5 Å².